The maximum atomic E-state index is 12.3. The minimum atomic E-state index is -0.466. The Morgan fingerprint density at radius 3 is 2.40 bits per heavy atom. The van der Waals surface area contributed by atoms with E-state index in [0.717, 1.165) is 24.5 Å². The Morgan fingerprint density at radius 2 is 1.84 bits per heavy atom. The van der Waals surface area contributed by atoms with E-state index in [0.29, 0.717) is 19.8 Å². The van der Waals surface area contributed by atoms with Gasteiger partial charge in [-0.05, 0) is 52.0 Å². The van der Waals surface area contributed by atoms with E-state index in [1.807, 2.05) is 37.8 Å². The second-order valence-electron chi connectivity index (χ2n) is 7.30. The van der Waals surface area contributed by atoms with Crippen molar-refractivity contribution in [2.45, 2.75) is 39.3 Å². The van der Waals surface area contributed by atoms with E-state index in [1.165, 1.54) is 0 Å². The molecule has 1 aliphatic rings. The number of ether oxygens (including phenoxy) is 3. The molecule has 1 fully saturated rings. The molecule has 0 aliphatic carbocycles. The number of anilines is 1. The lowest BCUT2D eigenvalue weighted by molar-refractivity contribution is 0.0159. The summed E-state index contributed by atoms with van der Waals surface area (Å²) >= 11 is 0. The Labute approximate surface area is 150 Å². The normalized spacial score (nSPS) is 18.2. The molecule has 1 atom stereocenters. The van der Waals surface area contributed by atoms with Gasteiger partial charge in [-0.15, -0.1) is 0 Å². The van der Waals surface area contributed by atoms with Crippen LogP contribution in [0.4, 0.5) is 10.5 Å². The molecular weight excluding hydrogens is 320 g/mol. The largest absolute Gasteiger partial charge is 0.491 e. The molecule has 6 heteroatoms. The van der Waals surface area contributed by atoms with Gasteiger partial charge in [0.05, 0.1) is 6.61 Å². The van der Waals surface area contributed by atoms with Gasteiger partial charge in [-0.3, -0.25) is 0 Å². The van der Waals surface area contributed by atoms with Gasteiger partial charge < -0.3 is 24.0 Å². The average Bonchev–Trinajstić information content (AvgIpc) is 2.54. The van der Waals surface area contributed by atoms with Crippen LogP contribution in [0.1, 0.15) is 27.7 Å². The third-order valence-corrected chi connectivity index (χ3v) is 4.01. The fourth-order valence-corrected chi connectivity index (χ4v) is 2.78. The summed E-state index contributed by atoms with van der Waals surface area (Å²) in [6.07, 6.45) is -0.235. The van der Waals surface area contributed by atoms with Crippen LogP contribution >= 0.6 is 0 Å². The van der Waals surface area contributed by atoms with E-state index >= 15 is 0 Å². The van der Waals surface area contributed by atoms with Crippen LogP contribution in [0.25, 0.3) is 0 Å². The minimum Gasteiger partial charge on any atom is -0.491 e. The summed E-state index contributed by atoms with van der Waals surface area (Å²) in [4.78, 5) is 16.4. The third kappa shape index (κ3) is 5.81. The molecule has 6 nitrogen and oxygen atoms in total. The van der Waals surface area contributed by atoms with E-state index < -0.39 is 5.60 Å². The van der Waals surface area contributed by atoms with Crippen molar-refractivity contribution in [2.24, 2.45) is 0 Å². The van der Waals surface area contributed by atoms with E-state index in [-0.39, 0.29) is 12.1 Å². The molecule has 0 aromatic heterocycles. The number of amides is 1. The highest BCUT2D eigenvalue weighted by Crippen LogP contribution is 2.23. The summed E-state index contributed by atoms with van der Waals surface area (Å²) in [7, 11) is 1.66. The Kier molecular flexibility index (Phi) is 6.53. The number of carbonyl (C=O) groups excluding carboxylic acids is 1. The van der Waals surface area contributed by atoms with Gasteiger partial charge in [-0.25, -0.2) is 4.79 Å². The highest BCUT2D eigenvalue weighted by molar-refractivity contribution is 5.69. The highest BCUT2D eigenvalue weighted by atomic mass is 16.6. The lowest BCUT2D eigenvalue weighted by Crippen LogP contribution is -2.55. The van der Waals surface area contributed by atoms with E-state index in [4.69, 9.17) is 14.2 Å². The maximum Gasteiger partial charge on any atom is 0.410 e. The van der Waals surface area contributed by atoms with E-state index in [1.54, 1.807) is 7.11 Å². The molecule has 0 radical (unpaired) electrons. The third-order valence-electron chi connectivity index (χ3n) is 4.01. The molecule has 1 aromatic rings. The van der Waals surface area contributed by atoms with Crippen LogP contribution in [0.5, 0.6) is 5.75 Å². The monoisotopic (exact) mass is 350 g/mol. The van der Waals surface area contributed by atoms with Crippen LogP contribution in [-0.4, -0.2) is 62.6 Å². The quantitative estimate of drug-likeness (QED) is 0.764. The molecule has 0 bridgehead atoms. The second kappa shape index (κ2) is 8.43. The van der Waals surface area contributed by atoms with Crippen molar-refractivity contribution < 1.29 is 19.0 Å². The molecule has 0 spiro atoms. The number of carbonyl (C=O) groups is 1. The van der Waals surface area contributed by atoms with Crippen LogP contribution in [0, 0.1) is 0 Å². The number of rotatable bonds is 5. The first-order chi connectivity index (χ1) is 11.8. The average molecular weight is 350 g/mol. The topological polar surface area (TPSA) is 51.2 Å². The molecular formula is C19H30N2O4. The molecule has 1 aliphatic heterocycles. The Bertz CT molecular complexity index is 554. The van der Waals surface area contributed by atoms with E-state index in [2.05, 4.69) is 24.0 Å². The van der Waals surface area contributed by atoms with Crippen molar-refractivity contribution in [2.75, 3.05) is 44.9 Å². The van der Waals surface area contributed by atoms with Gasteiger partial charge in [0, 0.05) is 38.5 Å². The van der Waals surface area contributed by atoms with Gasteiger partial charge in [0.1, 0.15) is 18.0 Å². The van der Waals surface area contributed by atoms with Crippen molar-refractivity contribution in [1.29, 1.82) is 0 Å². The summed E-state index contributed by atoms with van der Waals surface area (Å²) in [6.45, 7) is 11.1. The zero-order valence-corrected chi connectivity index (χ0v) is 15.9. The van der Waals surface area contributed by atoms with Crippen LogP contribution < -0.4 is 9.64 Å². The number of hydrogen-bond donors (Lipinski definition) is 0. The molecule has 0 unspecified atom stereocenters. The first-order valence-electron chi connectivity index (χ1n) is 8.76. The molecule has 0 saturated carbocycles. The Morgan fingerprint density at radius 1 is 1.16 bits per heavy atom. The van der Waals surface area contributed by atoms with Gasteiger partial charge in [0.2, 0.25) is 0 Å². The zero-order chi connectivity index (χ0) is 18.4. The number of hydrogen-bond acceptors (Lipinski definition) is 5. The zero-order valence-electron chi connectivity index (χ0n) is 15.9. The first kappa shape index (κ1) is 19.4. The fourth-order valence-electron chi connectivity index (χ4n) is 2.78. The number of piperazine rings is 1. The van der Waals surface area contributed by atoms with Gasteiger partial charge in [0.25, 0.3) is 0 Å². The van der Waals surface area contributed by atoms with Gasteiger partial charge in [-0.1, -0.05) is 0 Å². The summed E-state index contributed by atoms with van der Waals surface area (Å²) in [6, 6.07) is 8.14. The van der Waals surface area contributed by atoms with Crippen molar-refractivity contribution in [3.63, 3.8) is 0 Å². The van der Waals surface area contributed by atoms with Gasteiger partial charge in [-0.2, -0.15) is 0 Å². The van der Waals surface area contributed by atoms with Crippen molar-refractivity contribution >= 4 is 11.8 Å². The predicted molar refractivity (Wildman–Crippen MR) is 98.4 cm³/mol. The molecule has 25 heavy (non-hydrogen) atoms. The van der Waals surface area contributed by atoms with Crippen LogP contribution in [0.15, 0.2) is 24.3 Å². The van der Waals surface area contributed by atoms with Gasteiger partial charge >= 0.3 is 6.09 Å². The summed E-state index contributed by atoms with van der Waals surface area (Å²) in [5.41, 5.74) is 0.668. The highest BCUT2D eigenvalue weighted by Gasteiger charge is 2.30. The molecule has 1 aromatic carbocycles. The smallest absolute Gasteiger partial charge is 0.410 e. The molecule has 0 N–H and O–H groups in total. The van der Waals surface area contributed by atoms with Crippen LogP contribution in [-0.2, 0) is 9.47 Å². The number of benzene rings is 1. The second-order valence-corrected chi connectivity index (χ2v) is 7.30. The maximum absolute atomic E-state index is 12.3. The SMILES string of the molecule is COCCOc1ccc(N2CCN(C(=O)OC(C)(C)C)[C@@H](C)C2)cc1. The van der Waals surface area contributed by atoms with E-state index in [9.17, 15) is 4.79 Å². The first-order valence-corrected chi connectivity index (χ1v) is 8.76. The van der Waals surface area contributed by atoms with Crippen LogP contribution in [0.3, 0.4) is 0 Å². The lowest BCUT2D eigenvalue weighted by atomic mass is 10.1. The summed E-state index contributed by atoms with van der Waals surface area (Å²) < 4.78 is 16.1. The molecule has 1 saturated heterocycles. The standard InChI is InChI=1S/C19H30N2O4/c1-15-14-20(10-11-21(15)18(22)25-19(2,3)4)16-6-8-17(9-7-16)24-13-12-23-5/h6-9,15H,10-14H2,1-5H3/t15-/m0/s1. The van der Waals surface area contributed by atoms with Crippen molar-refractivity contribution in [1.82, 2.24) is 4.90 Å². The molecule has 140 valence electrons. The molecule has 1 amide bonds. The lowest BCUT2D eigenvalue weighted by Gasteiger charge is -2.41. The molecule has 2 rings (SSSR count). The number of nitrogens with zero attached hydrogens (tertiary/aromatic N) is 2. The Hall–Kier alpha value is -1.95. The predicted octanol–water partition coefficient (Wildman–Crippen LogP) is 3.16. The van der Waals surface area contributed by atoms with Crippen molar-refractivity contribution in [3.8, 4) is 5.75 Å². The fraction of sp³-hybridized carbons (Fsp3) is 0.632. The van der Waals surface area contributed by atoms with Crippen LogP contribution in [0.2, 0.25) is 0 Å². The van der Waals surface area contributed by atoms with Gasteiger partial charge in [0.15, 0.2) is 0 Å². The summed E-state index contributed by atoms with van der Waals surface area (Å²) in [5.74, 6) is 0.834. The van der Waals surface area contributed by atoms with Crippen molar-refractivity contribution in [3.05, 3.63) is 24.3 Å². The Balaban J connectivity index is 1.90. The minimum absolute atomic E-state index is 0.0984. The summed E-state index contributed by atoms with van der Waals surface area (Å²) in [5, 5.41) is 0. The number of methoxy groups -OCH3 is 1. The molecule has 1 heterocycles.